The lowest BCUT2D eigenvalue weighted by Gasteiger charge is -2.33. The van der Waals surface area contributed by atoms with Crippen LogP contribution in [-0.4, -0.2) is 36.4 Å². The van der Waals surface area contributed by atoms with Gasteiger partial charge < -0.3 is 9.64 Å². The van der Waals surface area contributed by atoms with Crippen molar-refractivity contribution in [3.8, 4) is 11.6 Å². The standard InChI is InChI=1S/C28H28N4O4S/c1-19-17-28(2,3)32(18-19)26-23(10-7-15-29-26)27(33)31-37(34,35)25-12-6-11-24(30-25)36-22-14-13-20-8-4-5-9-21(20)16-22/h4-16,19H,17-18H2,1-3H3,(H,31,33). The number of hydrogen-bond donors (Lipinski definition) is 1. The maximum absolute atomic E-state index is 13.2. The summed E-state index contributed by atoms with van der Waals surface area (Å²) in [5.41, 5.74) is -0.0192. The summed E-state index contributed by atoms with van der Waals surface area (Å²) in [6.45, 7) is 7.06. The molecular formula is C28H28N4O4S. The van der Waals surface area contributed by atoms with Crippen LogP contribution >= 0.6 is 0 Å². The topological polar surface area (TPSA) is 101 Å². The summed E-state index contributed by atoms with van der Waals surface area (Å²) in [6.07, 6.45) is 2.55. The first-order valence-corrected chi connectivity index (χ1v) is 13.5. The minimum Gasteiger partial charge on any atom is -0.439 e. The first-order chi connectivity index (χ1) is 17.6. The van der Waals surface area contributed by atoms with E-state index in [1.165, 1.54) is 12.1 Å². The number of carbonyl (C=O) groups excluding carboxylic acids is 1. The molecule has 0 aliphatic carbocycles. The zero-order chi connectivity index (χ0) is 26.2. The Bertz CT molecular complexity index is 1590. The molecule has 8 nitrogen and oxygen atoms in total. The fourth-order valence-corrected chi connectivity index (χ4v) is 5.86. The molecule has 1 aliphatic heterocycles. The number of nitrogens with zero attached hydrogens (tertiary/aromatic N) is 3. The summed E-state index contributed by atoms with van der Waals surface area (Å²) < 4.78 is 34.2. The molecule has 37 heavy (non-hydrogen) atoms. The molecule has 2 aromatic carbocycles. The summed E-state index contributed by atoms with van der Waals surface area (Å²) in [6, 6.07) is 21.0. The number of hydrogen-bond acceptors (Lipinski definition) is 7. The van der Waals surface area contributed by atoms with Crippen molar-refractivity contribution in [3.05, 3.63) is 84.6 Å². The Balaban J connectivity index is 1.38. The molecular weight excluding hydrogens is 488 g/mol. The van der Waals surface area contributed by atoms with E-state index in [1.54, 1.807) is 30.5 Å². The van der Waals surface area contributed by atoms with Crippen molar-refractivity contribution in [1.82, 2.24) is 14.7 Å². The summed E-state index contributed by atoms with van der Waals surface area (Å²) >= 11 is 0. The lowest BCUT2D eigenvalue weighted by Crippen LogP contribution is -2.41. The molecule has 2 aromatic heterocycles. The molecule has 1 amide bonds. The number of carbonyl (C=O) groups is 1. The monoisotopic (exact) mass is 516 g/mol. The number of amides is 1. The van der Waals surface area contributed by atoms with Gasteiger partial charge in [-0.1, -0.05) is 43.3 Å². The Kier molecular flexibility index (Phi) is 6.33. The van der Waals surface area contributed by atoms with Crippen LogP contribution in [0.3, 0.4) is 0 Å². The third-order valence-corrected chi connectivity index (χ3v) is 7.74. The van der Waals surface area contributed by atoms with Gasteiger partial charge in [0, 0.05) is 24.3 Å². The van der Waals surface area contributed by atoms with Gasteiger partial charge >= 0.3 is 0 Å². The van der Waals surface area contributed by atoms with E-state index in [0.717, 1.165) is 23.7 Å². The van der Waals surface area contributed by atoms with Gasteiger partial charge in [-0.15, -0.1) is 0 Å². The van der Waals surface area contributed by atoms with Gasteiger partial charge in [0.1, 0.15) is 11.6 Å². The third-order valence-electron chi connectivity index (χ3n) is 6.50. The molecule has 3 heterocycles. The average Bonchev–Trinajstić information content (AvgIpc) is 3.15. The number of benzene rings is 2. The highest BCUT2D eigenvalue weighted by atomic mass is 32.2. The van der Waals surface area contributed by atoms with Crippen molar-refractivity contribution in [3.63, 3.8) is 0 Å². The number of aromatic nitrogens is 2. The number of fused-ring (bicyclic) bond motifs is 1. The van der Waals surface area contributed by atoms with Crippen LogP contribution in [0.4, 0.5) is 5.82 Å². The van der Waals surface area contributed by atoms with Crippen LogP contribution < -0.4 is 14.4 Å². The number of sulfonamides is 1. The van der Waals surface area contributed by atoms with E-state index in [2.05, 4.69) is 40.4 Å². The zero-order valence-electron chi connectivity index (χ0n) is 20.9. The van der Waals surface area contributed by atoms with Gasteiger partial charge in [0.05, 0.1) is 5.56 Å². The highest BCUT2D eigenvalue weighted by Gasteiger charge is 2.39. The van der Waals surface area contributed by atoms with Crippen molar-refractivity contribution < 1.29 is 17.9 Å². The number of nitrogens with one attached hydrogen (secondary N) is 1. The Morgan fingerprint density at radius 3 is 2.57 bits per heavy atom. The molecule has 4 aromatic rings. The molecule has 1 saturated heterocycles. The third kappa shape index (κ3) is 5.13. The van der Waals surface area contributed by atoms with Crippen molar-refractivity contribution >= 4 is 32.5 Å². The predicted molar refractivity (Wildman–Crippen MR) is 142 cm³/mol. The van der Waals surface area contributed by atoms with E-state index < -0.39 is 15.9 Å². The summed E-state index contributed by atoms with van der Waals surface area (Å²) in [5, 5.41) is 1.72. The van der Waals surface area contributed by atoms with Gasteiger partial charge in [-0.2, -0.15) is 13.4 Å². The Morgan fingerprint density at radius 1 is 1.03 bits per heavy atom. The molecule has 1 unspecified atom stereocenters. The van der Waals surface area contributed by atoms with E-state index in [0.29, 0.717) is 17.5 Å². The molecule has 0 radical (unpaired) electrons. The smallest absolute Gasteiger partial charge is 0.281 e. The van der Waals surface area contributed by atoms with Crippen LogP contribution in [-0.2, 0) is 10.0 Å². The summed E-state index contributed by atoms with van der Waals surface area (Å²) in [5.74, 6) is 0.742. The molecule has 1 aliphatic rings. The molecule has 1 atom stereocenters. The second kappa shape index (κ2) is 9.48. The van der Waals surface area contributed by atoms with Gasteiger partial charge in [-0.3, -0.25) is 4.79 Å². The van der Waals surface area contributed by atoms with Crippen LogP contribution in [0.15, 0.2) is 84.0 Å². The van der Waals surface area contributed by atoms with E-state index in [1.807, 2.05) is 36.4 Å². The second-order valence-electron chi connectivity index (χ2n) is 9.97. The van der Waals surface area contributed by atoms with Gasteiger partial charge in [-0.05, 0) is 67.3 Å². The Labute approximate surface area is 216 Å². The number of ether oxygens (including phenoxy) is 1. The van der Waals surface area contributed by atoms with Crippen LogP contribution in [0.2, 0.25) is 0 Å². The van der Waals surface area contributed by atoms with Crippen LogP contribution in [0.25, 0.3) is 10.8 Å². The highest BCUT2D eigenvalue weighted by molar-refractivity contribution is 7.90. The Morgan fingerprint density at radius 2 is 1.81 bits per heavy atom. The van der Waals surface area contributed by atoms with Crippen molar-refractivity contribution in [2.75, 3.05) is 11.4 Å². The van der Waals surface area contributed by atoms with Crippen LogP contribution in [0, 0.1) is 5.92 Å². The molecule has 0 saturated carbocycles. The lowest BCUT2D eigenvalue weighted by atomic mass is 9.97. The molecule has 0 bridgehead atoms. The van der Waals surface area contributed by atoms with Gasteiger partial charge in [0.15, 0.2) is 5.03 Å². The molecule has 0 spiro atoms. The van der Waals surface area contributed by atoms with Crippen LogP contribution in [0.5, 0.6) is 11.6 Å². The predicted octanol–water partition coefficient (Wildman–Crippen LogP) is 5.17. The first kappa shape index (κ1) is 24.7. The summed E-state index contributed by atoms with van der Waals surface area (Å²) in [4.78, 5) is 23.8. The van der Waals surface area contributed by atoms with Crippen molar-refractivity contribution in [1.29, 1.82) is 0 Å². The minimum absolute atomic E-state index is 0.0977. The van der Waals surface area contributed by atoms with E-state index >= 15 is 0 Å². The van der Waals surface area contributed by atoms with E-state index in [9.17, 15) is 13.2 Å². The zero-order valence-corrected chi connectivity index (χ0v) is 21.7. The average molecular weight is 517 g/mol. The highest BCUT2D eigenvalue weighted by Crippen LogP contribution is 2.37. The molecule has 5 rings (SSSR count). The van der Waals surface area contributed by atoms with Gasteiger partial charge in [0.25, 0.3) is 15.9 Å². The van der Waals surface area contributed by atoms with Crippen molar-refractivity contribution in [2.45, 2.75) is 37.8 Å². The largest absolute Gasteiger partial charge is 0.439 e. The molecule has 190 valence electrons. The number of anilines is 1. The fourth-order valence-electron chi connectivity index (χ4n) is 4.93. The normalized spacial score (nSPS) is 17.1. The Hall–Kier alpha value is -3.98. The van der Waals surface area contributed by atoms with E-state index in [-0.39, 0.29) is 22.0 Å². The molecule has 1 N–H and O–H groups in total. The van der Waals surface area contributed by atoms with Crippen LogP contribution in [0.1, 0.15) is 37.6 Å². The molecule has 9 heteroatoms. The second-order valence-corrected chi connectivity index (χ2v) is 11.6. The fraction of sp³-hybridized carbons (Fsp3) is 0.250. The molecule has 1 fully saturated rings. The van der Waals surface area contributed by atoms with Crippen molar-refractivity contribution in [2.24, 2.45) is 5.92 Å². The maximum Gasteiger partial charge on any atom is 0.281 e. The van der Waals surface area contributed by atoms with Gasteiger partial charge in [0.2, 0.25) is 5.88 Å². The number of rotatable bonds is 6. The maximum atomic E-state index is 13.2. The SMILES string of the molecule is CC1CN(c2ncccc2C(=O)NS(=O)(=O)c2cccc(Oc3ccc4ccccc4c3)n2)C(C)(C)C1. The van der Waals surface area contributed by atoms with Gasteiger partial charge in [-0.25, -0.2) is 9.71 Å². The first-order valence-electron chi connectivity index (χ1n) is 12.1. The summed E-state index contributed by atoms with van der Waals surface area (Å²) in [7, 11) is -4.27. The quantitative estimate of drug-likeness (QED) is 0.377. The minimum atomic E-state index is -4.27. The lowest BCUT2D eigenvalue weighted by molar-refractivity contribution is 0.0981. The number of pyridine rings is 2. The van der Waals surface area contributed by atoms with E-state index in [4.69, 9.17) is 4.74 Å².